The van der Waals surface area contributed by atoms with Gasteiger partial charge in [-0.3, -0.25) is 4.55 Å². The van der Waals surface area contributed by atoms with Crippen LogP contribution in [0.15, 0.2) is 0 Å². The standard InChI is InChI=1S/C8H19NO3S/c1-4-6-9-7-5-8(2,3)13(10,11)12/h9H,4-7H2,1-3H3,(H,10,11,12). The van der Waals surface area contributed by atoms with Crippen molar-refractivity contribution < 1.29 is 13.0 Å². The van der Waals surface area contributed by atoms with Crippen LogP contribution in [-0.2, 0) is 10.1 Å². The highest BCUT2D eigenvalue weighted by atomic mass is 32.2. The molecule has 0 aromatic carbocycles. The fourth-order valence-electron chi connectivity index (χ4n) is 0.820. The number of nitrogens with one attached hydrogen (secondary N) is 1. The predicted octanol–water partition coefficient (Wildman–Crippen LogP) is 1.04. The zero-order chi connectivity index (χ0) is 10.5. The second-order valence-electron chi connectivity index (χ2n) is 3.73. The van der Waals surface area contributed by atoms with Gasteiger partial charge in [0, 0.05) is 0 Å². The summed E-state index contributed by atoms with van der Waals surface area (Å²) in [6, 6.07) is 0. The van der Waals surface area contributed by atoms with E-state index < -0.39 is 14.9 Å². The van der Waals surface area contributed by atoms with Gasteiger partial charge in [-0.05, 0) is 39.8 Å². The number of hydrogen-bond donors (Lipinski definition) is 2. The molecule has 0 aliphatic rings. The molecule has 2 N–H and O–H groups in total. The van der Waals surface area contributed by atoms with E-state index in [4.69, 9.17) is 4.55 Å². The van der Waals surface area contributed by atoms with Crippen LogP contribution in [0.2, 0.25) is 0 Å². The van der Waals surface area contributed by atoms with Crippen molar-refractivity contribution >= 4 is 10.1 Å². The van der Waals surface area contributed by atoms with E-state index in [1.807, 2.05) is 6.92 Å². The SMILES string of the molecule is CCCNCCC(C)(C)S(=O)(=O)O. The van der Waals surface area contributed by atoms with Gasteiger partial charge in [-0.2, -0.15) is 8.42 Å². The van der Waals surface area contributed by atoms with Crippen LogP contribution in [0.4, 0.5) is 0 Å². The van der Waals surface area contributed by atoms with Gasteiger partial charge in [0.2, 0.25) is 0 Å². The Labute approximate surface area is 80.5 Å². The predicted molar refractivity (Wildman–Crippen MR) is 53.4 cm³/mol. The molecule has 0 saturated heterocycles. The minimum atomic E-state index is -3.93. The van der Waals surface area contributed by atoms with Crippen LogP contribution in [0.5, 0.6) is 0 Å². The molecule has 13 heavy (non-hydrogen) atoms. The van der Waals surface area contributed by atoms with E-state index >= 15 is 0 Å². The van der Waals surface area contributed by atoms with Crippen molar-refractivity contribution in [3.8, 4) is 0 Å². The Hall–Kier alpha value is -0.130. The first kappa shape index (κ1) is 12.9. The van der Waals surface area contributed by atoms with E-state index in [1.165, 1.54) is 13.8 Å². The normalized spacial score (nSPS) is 13.2. The average Bonchev–Trinajstić information content (AvgIpc) is 1.96. The van der Waals surface area contributed by atoms with Gasteiger partial charge in [-0.25, -0.2) is 0 Å². The lowest BCUT2D eigenvalue weighted by molar-refractivity contribution is 0.426. The Bertz CT molecular complexity index is 234. The van der Waals surface area contributed by atoms with Crippen molar-refractivity contribution in [3.05, 3.63) is 0 Å². The van der Waals surface area contributed by atoms with Gasteiger partial charge in [0.15, 0.2) is 0 Å². The third-order valence-electron chi connectivity index (χ3n) is 2.03. The fourth-order valence-corrected chi connectivity index (χ4v) is 1.18. The van der Waals surface area contributed by atoms with Crippen LogP contribution in [0.3, 0.4) is 0 Å². The van der Waals surface area contributed by atoms with E-state index in [0.717, 1.165) is 13.0 Å². The van der Waals surface area contributed by atoms with E-state index in [1.54, 1.807) is 0 Å². The smallest absolute Gasteiger partial charge is 0.270 e. The van der Waals surface area contributed by atoms with Crippen LogP contribution in [0.1, 0.15) is 33.6 Å². The summed E-state index contributed by atoms with van der Waals surface area (Å²) >= 11 is 0. The molecular weight excluding hydrogens is 190 g/mol. The summed E-state index contributed by atoms with van der Waals surface area (Å²) in [4.78, 5) is 0. The summed E-state index contributed by atoms with van der Waals surface area (Å²) in [5.41, 5.74) is 0. The molecule has 0 spiro atoms. The molecule has 0 unspecified atom stereocenters. The monoisotopic (exact) mass is 209 g/mol. The second-order valence-corrected chi connectivity index (χ2v) is 5.79. The first-order valence-corrected chi connectivity index (χ1v) is 5.93. The highest BCUT2D eigenvalue weighted by Gasteiger charge is 2.31. The van der Waals surface area contributed by atoms with Gasteiger partial charge in [0.1, 0.15) is 0 Å². The highest BCUT2D eigenvalue weighted by molar-refractivity contribution is 7.87. The summed E-state index contributed by atoms with van der Waals surface area (Å²) in [6.45, 7) is 6.58. The Morgan fingerprint density at radius 1 is 1.31 bits per heavy atom. The van der Waals surface area contributed by atoms with E-state index in [-0.39, 0.29) is 0 Å². The largest absolute Gasteiger partial charge is 0.317 e. The minimum absolute atomic E-state index is 0.422. The van der Waals surface area contributed by atoms with Crippen LogP contribution in [0, 0.1) is 0 Å². The zero-order valence-corrected chi connectivity index (χ0v) is 9.32. The summed E-state index contributed by atoms with van der Waals surface area (Å²) in [7, 11) is -3.93. The summed E-state index contributed by atoms with van der Waals surface area (Å²) in [5, 5.41) is 3.09. The molecule has 0 aliphatic heterocycles. The molecule has 0 fully saturated rings. The Morgan fingerprint density at radius 3 is 2.23 bits per heavy atom. The molecular formula is C8H19NO3S. The third-order valence-corrected chi connectivity index (χ3v) is 3.63. The maximum absolute atomic E-state index is 10.8. The minimum Gasteiger partial charge on any atom is -0.317 e. The second kappa shape index (κ2) is 4.93. The quantitative estimate of drug-likeness (QED) is 0.507. The molecule has 0 amide bonds. The average molecular weight is 209 g/mol. The topological polar surface area (TPSA) is 66.4 Å². The van der Waals surface area contributed by atoms with Crippen LogP contribution >= 0.6 is 0 Å². The molecule has 80 valence electrons. The van der Waals surface area contributed by atoms with Crippen LogP contribution < -0.4 is 5.32 Å². The first-order valence-electron chi connectivity index (χ1n) is 4.49. The Morgan fingerprint density at radius 2 is 1.85 bits per heavy atom. The molecule has 0 heterocycles. The summed E-state index contributed by atoms with van der Waals surface area (Å²) in [5.74, 6) is 0. The lowest BCUT2D eigenvalue weighted by atomic mass is 10.1. The summed E-state index contributed by atoms with van der Waals surface area (Å²) in [6.07, 6.45) is 1.44. The van der Waals surface area contributed by atoms with Gasteiger partial charge in [-0.1, -0.05) is 6.92 Å². The molecule has 5 heteroatoms. The molecule has 0 radical (unpaired) electrons. The molecule has 0 rings (SSSR count). The van der Waals surface area contributed by atoms with Gasteiger partial charge in [0.05, 0.1) is 4.75 Å². The maximum atomic E-state index is 10.8. The van der Waals surface area contributed by atoms with E-state index in [0.29, 0.717) is 13.0 Å². The lowest BCUT2D eigenvalue weighted by Gasteiger charge is -2.20. The Kier molecular flexibility index (Phi) is 4.88. The fraction of sp³-hybridized carbons (Fsp3) is 1.00. The molecule has 0 aromatic rings. The zero-order valence-electron chi connectivity index (χ0n) is 8.50. The molecule has 4 nitrogen and oxygen atoms in total. The van der Waals surface area contributed by atoms with Gasteiger partial charge >= 0.3 is 0 Å². The van der Waals surface area contributed by atoms with Crippen LogP contribution in [0.25, 0.3) is 0 Å². The van der Waals surface area contributed by atoms with Gasteiger partial charge < -0.3 is 5.32 Å². The Balaban J connectivity index is 3.91. The van der Waals surface area contributed by atoms with Gasteiger partial charge in [0.25, 0.3) is 10.1 Å². The summed E-state index contributed by atoms with van der Waals surface area (Å²) < 4.78 is 29.5. The maximum Gasteiger partial charge on any atom is 0.270 e. The molecule has 0 saturated carbocycles. The molecule has 0 atom stereocenters. The van der Waals surface area contributed by atoms with Crippen LogP contribution in [-0.4, -0.2) is 30.8 Å². The molecule has 0 aliphatic carbocycles. The van der Waals surface area contributed by atoms with Gasteiger partial charge in [-0.15, -0.1) is 0 Å². The van der Waals surface area contributed by atoms with Crippen molar-refractivity contribution in [2.75, 3.05) is 13.1 Å². The van der Waals surface area contributed by atoms with Crippen molar-refractivity contribution in [1.82, 2.24) is 5.32 Å². The van der Waals surface area contributed by atoms with Crippen molar-refractivity contribution in [1.29, 1.82) is 0 Å². The van der Waals surface area contributed by atoms with Crippen molar-refractivity contribution in [2.45, 2.75) is 38.4 Å². The number of hydrogen-bond acceptors (Lipinski definition) is 3. The van der Waals surface area contributed by atoms with E-state index in [2.05, 4.69) is 5.32 Å². The lowest BCUT2D eigenvalue weighted by Crippen LogP contribution is -2.35. The van der Waals surface area contributed by atoms with Crippen molar-refractivity contribution in [2.24, 2.45) is 0 Å². The first-order chi connectivity index (χ1) is 5.81. The molecule has 0 aromatic heterocycles. The van der Waals surface area contributed by atoms with Crippen molar-refractivity contribution in [3.63, 3.8) is 0 Å². The third kappa shape index (κ3) is 4.59. The number of rotatable bonds is 6. The highest BCUT2D eigenvalue weighted by Crippen LogP contribution is 2.18. The van der Waals surface area contributed by atoms with E-state index in [9.17, 15) is 8.42 Å². The molecule has 0 bridgehead atoms.